The molecule has 2 aliphatic heterocycles. The lowest BCUT2D eigenvalue weighted by Gasteiger charge is -2.36. The van der Waals surface area contributed by atoms with Gasteiger partial charge in [0.05, 0.1) is 6.10 Å². The Labute approximate surface area is 142 Å². The van der Waals surface area contributed by atoms with Crippen LogP contribution in [0.25, 0.3) is 0 Å². The molecule has 2 saturated heterocycles. The molecule has 0 spiro atoms. The normalized spacial score (nSPS) is 25.3. The summed E-state index contributed by atoms with van der Waals surface area (Å²) in [6, 6.07) is 9.97. The standard InChI is InChI=1S/C18H26N2O2S/c1-14(21)16-7-8-20(13-16)18(22)17(15-5-3-2-4-6-15)19-9-11-23-12-10-19/h2-6,14,16-17,21H,7-13H2,1H3. The number of nitrogens with zero attached hydrogens (tertiary/aromatic N) is 2. The van der Waals surface area contributed by atoms with E-state index in [4.69, 9.17) is 0 Å². The molecule has 0 aliphatic carbocycles. The minimum absolute atomic E-state index is 0.176. The Bertz CT molecular complexity index is 517. The van der Waals surface area contributed by atoms with E-state index in [1.807, 2.05) is 41.8 Å². The summed E-state index contributed by atoms with van der Waals surface area (Å²) in [6.07, 6.45) is 0.565. The highest BCUT2D eigenvalue weighted by Crippen LogP contribution is 2.29. The van der Waals surface area contributed by atoms with Crippen molar-refractivity contribution in [1.82, 2.24) is 9.80 Å². The molecule has 1 amide bonds. The predicted octanol–water partition coefficient (Wildman–Crippen LogP) is 2.01. The van der Waals surface area contributed by atoms with E-state index in [1.165, 1.54) is 0 Å². The highest BCUT2D eigenvalue weighted by atomic mass is 32.2. The molecule has 126 valence electrons. The Morgan fingerprint density at radius 1 is 1.22 bits per heavy atom. The molecule has 23 heavy (non-hydrogen) atoms. The maximum atomic E-state index is 13.2. The van der Waals surface area contributed by atoms with Gasteiger partial charge >= 0.3 is 0 Å². The van der Waals surface area contributed by atoms with Crippen molar-refractivity contribution in [3.8, 4) is 0 Å². The number of likely N-dealkylation sites (tertiary alicyclic amines) is 1. The van der Waals surface area contributed by atoms with E-state index in [0.717, 1.165) is 43.1 Å². The van der Waals surface area contributed by atoms with E-state index in [0.29, 0.717) is 6.54 Å². The van der Waals surface area contributed by atoms with Crippen LogP contribution in [0, 0.1) is 5.92 Å². The molecule has 0 radical (unpaired) electrons. The van der Waals surface area contributed by atoms with Crippen LogP contribution in [0.2, 0.25) is 0 Å². The third kappa shape index (κ3) is 3.90. The second-order valence-corrected chi connectivity index (χ2v) is 7.76. The Hall–Kier alpha value is -1.04. The lowest BCUT2D eigenvalue weighted by molar-refractivity contribution is -0.136. The fourth-order valence-electron chi connectivity index (χ4n) is 3.53. The van der Waals surface area contributed by atoms with Crippen molar-refractivity contribution in [2.24, 2.45) is 5.92 Å². The number of hydrogen-bond donors (Lipinski definition) is 1. The predicted molar refractivity (Wildman–Crippen MR) is 94.4 cm³/mol. The van der Waals surface area contributed by atoms with Crippen LogP contribution in [-0.2, 0) is 4.79 Å². The number of aliphatic hydroxyl groups excluding tert-OH is 1. The molecule has 3 atom stereocenters. The van der Waals surface area contributed by atoms with Gasteiger partial charge in [0.25, 0.3) is 0 Å². The molecule has 1 aromatic rings. The number of hydrogen-bond acceptors (Lipinski definition) is 4. The third-order valence-corrected chi connectivity index (χ3v) is 5.92. The number of carbonyl (C=O) groups excluding carboxylic acids is 1. The van der Waals surface area contributed by atoms with Crippen LogP contribution in [-0.4, -0.2) is 64.6 Å². The molecular formula is C18H26N2O2S. The van der Waals surface area contributed by atoms with Crippen LogP contribution in [0.4, 0.5) is 0 Å². The SMILES string of the molecule is CC(O)C1CCN(C(=O)C(c2ccccc2)N2CCSCC2)C1. The maximum Gasteiger partial charge on any atom is 0.244 e. The number of aliphatic hydroxyl groups is 1. The zero-order valence-electron chi connectivity index (χ0n) is 13.7. The third-order valence-electron chi connectivity index (χ3n) is 4.98. The number of amides is 1. The van der Waals surface area contributed by atoms with E-state index in [1.54, 1.807) is 0 Å². The first kappa shape index (κ1) is 16.8. The Balaban J connectivity index is 1.79. The summed E-state index contributed by atoms with van der Waals surface area (Å²) in [5.74, 6) is 2.60. The monoisotopic (exact) mass is 334 g/mol. The van der Waals surface area contributed by atoms with Crippen molar-refractivity contribution in [1.29, 1.82) is 0 Å². The van der Waals surface area contributed by atoms with E-state index in [9.17, 15) is 9.90 Å². The van der Waals surface area contributed by atoms with Gasteiger partial charge in [0.15, 0.2) is 0 Å². The highest BCUT2D eigenvalue weighted by molar-refractivity contribution is 7.99. The molecule has 5 heteroatoms. The minimum atomic E-state index is -0.339. The molecule has 2 aliphatic rings. The van der Waals surface area contributed by atoms with Crippen molar-refractivity contribution in [2.75, 3.05) is 37.7 Å². The van der Waals surface area contributed by atoms with Gasteiger partial charge < -0.3 is 10.0 Å². The highest BCUT2D eigenvalue weighted by Gasteiger charge is 2.36. The van der Waals surface area contributed by atoms with Gasteiger partial charge in [-0.3, -0.25) is 9.69 Å². The van der Waals surface area contributed by atoms with Crippen LogP contribution in [0.3, 0.4) is 0 Å². The van der Waals surface area contributed by atoms with Crippen molar-refractivity contribution in [3.05, 3.63) is 35.9 Å². The average molecular weight is 334 g/mol. The molecule has 3 unspecified atom stereocenters. The molecule has 0 aromatic heterocycles. The van der Waals surface area contributed by atoms with Gasteiger partial charge in [-0.1, -0.05) is 30.3 Å². The Kier molecular flexibility index (Phi) is 5.62. The summed E-state index contributed by atoms with van der Waals surface area (Å²) >= 11 is 1.96. The first-order valence-electron chi connectivity index (χ1n) is 8.50. The van der Waals surface area contributed by atoms with Crippen LogP contribution < -0.4 is 0 Å². The number of thioether (sulfide) groups is 1. The summed E-state index contributed by atoms with van der Waals surface area (Å²) in [5, 5.41) is 9.80. The molecule has 1 aromatic carbocycles. The maximum absolute atomic E-state index is 13.2. The van der Waals surface area contributed by atoms with Crippen molar-refractivity contribution in [3.63, 3.8) is 0 Å². The molecule has 3 rings (SSSR count). The fraction of sp³-hybridized carbons (Fsp3) is 0.611. The summed E-state index contributed by atoms with van der Waals surface area (Å²) < 4.78 is 0. The second kappa shape index (κ2) is 7.69. The molecule has 4 nitrogen and oxygen atoms in total. The van der Waals surface area contributed by atoms with Crippen LogP contribution in [0.1, 0.15) is 24.9 Å². The second-order valence-electron chi connectivity index (χ2n) is 6.54. The van der Waals surface area contributed by atoms with Crippen LogP contribution >= 0.6 is 11.8 Å². The summed E-state index contributed by atoms with van der Waals surface area (Å²) in [4.78, 5) is 17.5. The van der Waals surface area contributed by atoms with Gasteiger partial charge in [-0.2, -0.15) is 11.8 Å². The van der Waals surface area contributed by atoms with Crippen molar-refractivity contribution in [2.45, 2.75) is 25.5 Å². The van der Waals surface area contributed by atoms with Gasteiger partial charge in [-0.05, 0) is 18.9 Å². The summed E-state index contributed by atoms with van der Waals surface area (Å²) in [7, 11) is 0. The number of carbonyl (C=O) groups is 1. The first-order valence-corrected chi connectivity index (χ1v) is 9.66. The van der Waals surface area contributed by atoms with Crippen molar-refractivity contribution < 1.29 is 9.90 Å². The summed E-state index contributed by atoms with van der Waals surface area (Å²) in [6.45, 7) is 5.20. The van der Waals surface area contributed by atoms with Crippen LogP contribution in [0.5, 0.6) is 0 Å². The van der Waals surface area contributed by atoms with Gasteiger partial charge in [0.1, 0.15) is 6.04 Å². The summed E-state index contributed by atoms with van der Waals surface area (Å²) in [5.41, 5.74) is 1.09. The lowest BCUT2D eigenvalue weighted by atomic mass is 10.0. The van der Waals surface area contributed by atoms with Gasteiger partial charge in [-0.25, -0.2) is 0 Å². The molecule has 0 bridgehead atoms. The number of rotatable bonds is 4. The zero-order chi connectivity index (χ0) is 16.2. The topological polar surface area (TPSA) is 43.8 Å². The van der Waals surface area contributed by atoms with Crippen molar-refractivity contribution >= 4 is 17.7 Å². The lowest BCUT2D eigenvalue weighted by Crippen LogP contribution is -2.45. The molecule has 2 fully saturated rings. The molecular weight excluding hydrogens is 308 g/mol. The zero-order valence-corrected chi connectivity index (χ0v) is 14.5. The average Bonchev–Trinajstić information content (AvgIpc) is 3.07. The molecule has 0 saturated carbocycles. The fourth-order valence-corrected chi connectivity index (χ4v) is 4.47. The van der Waals surface area contributed by atoms with E-state index in [-0.39, 0.29) is 24.0 Å². The first-order chi connectivity index (χ1) is 11.2. The molecule has 1 N–H and O–H groups in total. The van der Waals surface area contributed by atoms with E-state index >= 15 is 0 Å². The van der Waals surface area contributed by atoms with Gasteiger partial charge in [0, 0.05) is 43.6 Å². The Morgan fingerprint density at radius 2 is 1.91 bits per heavy atom. The van der Waals surface area contributed by atoms with E-state index < -0.39 is 0 Å². The Morgan fingerprint density at radius 3 is 2.52 bits per heavy atom. The molecule has 2 heterocycles. The quantitative estimate of drug-likeness (QED) is 0.915. The largest absolute Gasteiger partial charge is 0.393 e. The van der Waals surface area contributed by atoms with Crippen LogP contribution in [0.15, 0.2) is 30.3 Å². The minimum Gasteiger partial charge on any atom is -0.393 e. The van der Waals surface area contributed by atoms with E-state index in [2.05, 4.69) is 17.0 Å². The van der Waals surface area contributed by atoms with Gasteiger partial charge in [0.2, 0.25) is 5.91 Å². The smallest absolute Gasteiger partial charge is 0.244 e. The van der Waals surface area contributed by atoms with Gasteiger partial charge in [-0.15, -0.1) is 0 Å². The number of benzene rings is 1.